The monoisotopic (exact) mass is 363 g/mol. The van der Waals surface area contributed by atoms with Crippen molar-refractivity contribution < 1.29 is 13.2 Å². The van der Waals surface area contributed by atoms with Crippen LogP contribution >= 0.6 is 11.3 Å². The maximum absolute atomic E-state index is 13.2. The molecule has 24 heavy (non-hydrogen) atoms. The lowest BCUT2D eigenvalue weighted by molar-refractivity contribution is 0.0606. The quantitative estimate of drug-likeness (QED) is 0.839. The number of sulfone groups is 1. The van der Waals surface area contributed by atoms with Gasteiger partial charge in [0.05, 0.1) is 16.4 Å². The number of carbonyl (C=O) groups is 1. The summed E-state index contributed by atoms with van der Waals surface area (Å²) < 4.78 is 25.0. The van der Waals surface area contributed by atoms with E-state index in [-0.39, 0.29) is 29.5 Å². The number of hydrogen-bond donors (Lipinski definition) is 0. The number of fused-ring (bicyclic) bond motifs is 1. The van der Waals surface area contributed by atoms with Crippen molar-refractivity contribution in [3.05, 3.63) is 35.2 Å². The largest absolute Gasteiger partial charge is 0.331 e. The van der Waals surface area contributed by atoms with Crippen LogP contribution in [0.3, 0.4) is 0 Å². The van der Waals surface area contributed by atoms with E-state index < -0.39 is 9.84 Å². The summed E-state index contributed by atoms with van der Waals surface area (Å²) in [4.78, 5) is 15.9. The normalized spacial score (nSPS) is 23.8. The van der Waals surface area contributed by atoms with Gasteiger partial charge in [-0.2, -0.15) is 0 Å². The molecule has 0 spiro atoms. The summed E-state index contributed by atoms with van der Waals surface area (Å²) in [5.74, 6) is 0.353. The zero-order valence-electron chi connectivity index (χ0n) is 13.5. The van der Waals surface area contributed by atoms with E-state index in [4.69, 9.17) is 0 Å². The minimum Gasteiger partial charge on any atom is -0.331 e. The maximum Gasteiger partial charge on any atom is 0.264 e. The minimum atomic E-state index is -3.00. The summed E-state index contributed by atoms with van der Waals surface area (Å²) in [7, 11) is -3.00. The molecule has 1 aliphatic carbocycles. The second-order valence-electron chi connectivity index (χ2n) is 6.86. The van der Waals surface area contributed by atoms with Gasteiger partial charge in [-0.1, -0.05) is 31.0 Å². The number of nitrogens with zero attached hydrogens (tertiary/aromatic N) is 1. The Hall–Kier alpha value is -1.40. The van der Waals surface area contributed by atoms with Gasteiger partial charge in [-0.3, -0.25) is 4.79 Å². The fourth-order valence-electron chi connectivity index (χ4n) is 4.02. The summed E-state index contributed by atoms with van der Waals surface area (Å²) in [5.41, 5.74) is 0. The van der Waals surface area contributed by atoms with Gasteiger partial charge >= 0.3 is 0 Å². The second kappa shape index (κ2) is 6.15. The maximum atomic E-state index is 13.2. The highest BCUT2D eigenvalue weighted by Gasteiger charge is 2.39. The van der Waals surface area contributed by atoms with Crippen LogP contribution in [0.1, 0.15) is 41.8 Å². The first kappa shape index (κ1) is 16.1. The Kier molecular flexibility index (Phi) is 4.12. The van der Waals surface area contributed by atoms with Gasteiger partial charge in [0.1, 0.15) is 0 Å². The van der Waals surface area contributed by atoms with Crippen LogP contribution in [-0.4, -0.2) is 42.8 Å². The Morgan fingerprint density at radius 1 is 1.08 bits per heavy atom. The molecule has 0 radical (unpaired) electrons. The third kappa shape index (κ3) is 2.97. The molecule has 1 amide bonds. The summed E-state index contributed by atoms with van der Waals surface area (Å²) in [6.45, 7) is 0. The van der Waals surface area contributed by atoms with Gasteiger partial charge in [0.2, 0.25) is 0 Å². The summed E-state index contributed by atoms with van der Waals surface area (Å²) in [6, 6.07) is 9.98. The van der Waals surface area contributed by atoms with E-state index >= 15 is 0 Å². The van der Waals surface area contributed by atoms with E-state index in [1.807, 2.05) is 35.2 Å². The van der Waals surface area contributed by atoms with Crippen molar-refractivity contribution in [2.24, 2.45) is 0 Å². The van der Waals surface area contributed by atoms with Gasteiger partial charge < -0.3 is 4.90 Å². The lowest BCUT2D eigenvalue weighted by atomic mass is 10.1. The van der Waals surface area contributed by atoms with E-state index in [0.29, 0.717) is 6.42 Å². The Bertz CT molecular complexity index is 832. The molecule has 1 aromatic heterocycles. The highest BCUT2D eigenvalue weighted by molar-refractivity contribution is 7.91. The molecule has 0 bridgehead atoms. The van der Waals surface area contributed by atoms with Crippen molar-refractivity contribution in [3.63, 3.8) is 0 Å². The molecule has 4 nitrogen and oxygen atoms in total. The molecule has 1 aliphatic heterocycles. The topological polar surface area (TPSA) is 54.5 Å². The molecular formula is C18H21NO3S2. The molecule has 6 heteroatoms. The highest BCUT2D eigenvalue weighted by Crippen LogP contribution is 2.33. The first-order valence-corrected chi connectivity index (χ1v) is 11.2. The lowest BCUT2D eigenvalue weighted by Crippen LogP contribution is -2.46. The number of amides is 1. The molecule has 1 saturated heterocycles. The Morgan fingerprint density at radius 3 is 2.50 bits per heavy atom. The van der Waals surface area contributed by atoms with Crippen molar-refractivity contribution in [2.45, 2.75) is 44.2 Å². The van der Waals surface area contributed by atoms with Gasteiger partial charge in [-0.25, -0.2) is 8.42 Å². The molecule has 1 atom stereocenters. The van der Waals surface area contributed by atoms with E-state index in [9.17, 15) is 13.2 Å². The van der Waals surface area contributed by atoms with Gasteiger partial charge in [0, 0.05) is 16.8 Å². The standard InChI is InChI=1S/C18H21NO3S2/c20-18(17-11-13-5-1-4-8-16(13)23-17)19(14-6-2-3-7-14)15-9-10-24(21,22)12-15/h1,4-5,8,11,14-15H,2-3,6-7,9-10,12H2/t15-/m0/s1. The van der Waals surface area contributed by atoms with Crippen molar-refractivity contribution >= 4 is 37.2 Å². The van der Waals surface area contributed by atoms with Crippen LogP contribution in [0.4, 0.5) is 0 Å². The zero-order chi connectivity index (χ0) is 16.7. The van der Waals surface area contributed by atoms with Crippen LogP contribution in [0.25, 0.3) is 10.1 Å². The van der Waals surface area contributed by atoms with Gasteiger partial charge in [0.15, 0.2) is 9.84 Å². The molecule has 1 aromatic carbocycles. The van der Waals surface area contributed by atoms with E-state index in [2.05, 4.69) is 0 Å². The minimum absolute atomic E-state index is 0.0187. The Morgan fingerprint density at radius 2 is 1.83 bits per heavy atom. The van der Waals surface area contributed by atoms with E-state index in [0.717, 1.165) is 40.6 Å². The third-order valence-corrected chi connectivity index (χ3v) is 8.05. The number of hydrogen-bond acceptors (Lipinski definition) is 4. The van der Waals surface area contributed by atoms with E-state index in [1.165, 1.54) is 11.3 Å². The van der Waals surface area contributed by atoms with Crippen LogP contribution < -0.4 is 0 Å². The van der Waals surface area contributed by atoms with Gasteiger partial charge in [0.25, 0.3) is 5.91 Å². The predicted molar refractivity (Wildman–Crippen MR) is 97.3 cm³/mol. The molecule has 128 valence electrons. The molecule has 2 heterocycles. The summed E-state index contributed by atoms with van der Waals surface area (Å²) in [6.07, 6.45) is 4.82. The molecule has 4 rings (SSSR count). The van der Waals surface area contributed by atoms with Crippen molar-refractivity contribution in [3.8, 4) is 0 Å². The number of carbonyl (C=O) groups excluding carboxylic acids is 1. The SMILES string of the molecule is O=C(c1cc2ccccc2s1)N(C1CCCC1)[C@H]1CCS(=O)(=O)C1. The smallest absolute Gasteiger partial charge is 0.264 e. The number of thiophene rings is 1. The average molecular weight is 364 g/mol. The zero-order valence-corrected chi connectivity index (χ0v) is 15.1. The average Bonchev–Trinajstić information content (AvgIpc) is 3.27. The number of rotatable bonds is 3. The lowest BCUT2D eigenvalue weighted by Gasteiger charge is -2.33. The molecule has 2 fully saturated rings. The molecule has 0 unspecified atom stereocenters. The number of benzene rings is 1. The fourth-order valence-corrected chi connectivity index (χ4v) is 6.74. The van der Waals surface area contributed by atoms with Crippen LogP contribution in [0.2, 0.25) is 0 Å². The first-order valence-electron chi connectivity index (χ1n) is 8.55. The van der Waals surface area contributed by atoms with Crippen molar-refractivity contribution in [1.29, 1.82) is 0 Å². The third-order valence-electron chi connectivity index (χ3n) is 5.19. The van der Waals surface area contributed by atoms with Crippen molar-refractivity contribution in [1.82, 2.24) is 4.90 Å². The highest BCUT2D eigenvalue weighted by atomic mass is 32.2. The second-order valence-corrected chi connectivity index (χ2v) is 10.2. The molecule has 2 aromatic rings. The van der Waals surface area contributed by atoms with Crippen LogP contribution in [0.5, 0.6) is 0 Å². The van der Waals surface area contributed by atoms with Crippen LogP contribution in [-0.2, 0) is 9.84 Å². The molecule has 2 aliphatic rings. The van der Waals surface area contributed by atoms with Gasteiger partial charge in [-0.05, 0) is 36.8 Å². The summed E-state index contributed by atoms with van der Waals surface area (Å²) >= 11 is 1.51. The first-order chi connectivity index (χ1) is 11.5. The van der Waals surface area contributed by atoms with Gasteiger partial charge in [-0.15, -0.1) is 11.3 Å². The Balaban J connectivity index is 1.68. The molecule has 0 N–H and O–H groups in total. The summed E-state index contributed by atoms with van der Waals surface area (Å²) in [5, 5.41) is 1.08. The predicted octanol–water partition coefficient (Wildman–Crippen LogP) is 3.47. The fraction of sp³-hybridized carbons (Fsp3) is 0.500. The van der Waals surface area contributed by atoms with Crippen LogP contribution in [0.15, 0.2) is 30.3 Å². The van der Waals surface area contributed by atoms with Crippen LogP contribution in [0, 0.1) is 0 Å². The van der Waals surface area contributed by atoms with E-state index in [1.54, 1.807) is 0 Å². The van der Waals surface area contributed by atoms with Crippen molar-refractivity contribution in [2.75, 3.05) is 11.5 Å². The molecular weight excluding hydrogens is 342 g/mol. The molecule has 1 saturated carbocycles. The Labute approximate surface area is 146 Å².